The number of amides is 4. The van der Waals surface area contributed by atoms with Crippen molar-refractivity contribution in [3.63, 3.8) is 0 Å². The van der Waals surface area contributed by atoms with Crippen LogP contribution in [0.2, 0.25) is 0 Å². The number of hydrogen-bond donors (Lipinski definition) is 2. The predicted molar refractivity (Wildman–Crippen MR) is 104 cm³/mol. The molecule has 3 aliphatic rings. The lowest BCUT2D eigenvalue weighted by Gasteiger charge is -2.35. The molecule has 2 saturated heterocycles. The maximum atomic E-state index is 13.0. The van der Waals surface area contributed by atoms with Gasteiger partial charge in [-0.2, -0.15) is 0 Å². The molecule has 0 aromatic heterocycles. The molecule has 2 heterocycles. The number of hydrogen-bond acceptors (Lipinski definition) is 6. The molecule has 28 heavy (non-hydrogen) atoms. The SMILES string of the molecule is COCCNC(=O)CN1CCN(CN2C(=O)NC3(CCCCCC3)C2=O)CC1. The van der Waals surface area contributed by atoms with Crippen molar-refractivity contribution in [3.05, 3.63) is 0 Å². The van der Waals surface area contributed by atoms with Gasteiger partial charge in [-0.1, -0.05) is 25.7 Å². The second-order valence-corrected chi connectivity index (χ2v) is 8.04. The first-order valence-corrected chi connectivity index (χ1v) is 10.4. The summed E-state index contributed by atoms with van der Waals surface area (Å²) in [5.41, 5.74) is -0.671. The van der Waals surface area contributed by atoms with Crippen LogP contribution in [0.25, 0.3) is 0 Å². The molecule has 9 nitrogen and oxygen atoms in total. The van der Waals surface area contributed by atoms with E-state index in [1.165, 1.54) is 4.90 Å². The molecule has 158 valence electrons. The number of piperazine rings is 1. The van der Waals surface area contributed by atoms with Crippen molar-refractivity contribution in [2.75, 3.05) is 59.7 Å². The van der Waals surface area contributed by atoms with Gasteiger partial charge in [0.25, 0.3) is 5.91 Å². The Morgan fingerprint density at radius 1 is 1.07 bits per heavy atom. The quantitative estimate of drug-likeness (QED) is 0.464. The van der Waals surface area contributed by atoms with Crippen LogP contribution in [-0.2, 0) is 14.3 Å². The molecule has 3 fully saturated rings. The molecule has 0 unspecified atom stereocenters. The van der Waals surface area contributed by atoms with Gasteiger partial charge in [-0.05, 0) is 12.8 Å². The number of carbonyl (C=O) groups excluding carboxylic acids is 3. The zero-order valence-corrected chi connectivity index (χ0v) is 16.9. The molecular weight excluding hydrogens is 362 g/mol. The van der Waals surface area contributed by atoms with Crippen molar-refractivity contribution in [3.8, 4) is 0 Å². The van der Waals surface area contributed by atoms with Crippen molar-refractivity contribution in [2.24, 2.45) is 0 Å². The normalized spacial score (nSPS) is 23.7. The van der Waals surface area contributed by atoms with E-state index in [0.717, 1.165) is 64.7 Å². The monoisotopic (exact) mass is 395 g/mol. The lowest BCUT2D eigenvalue weighted by atomic mass is 9.90. The van der Waals surface area contributed by atoms with Crippen molar-refractivity contribution >= 4 is 17.8 Å². The van der Waals surface area contributed by atoms with E-state index < -0.39 is 5.54 Å². The molecule has 1 spiro atoms. The summed E-state index contributed by atoms with van der Waals surface area (Å²) in [5, 5.41) is 5.82. The third kappa shape index (κ3) is 5.01. The molecule has 0 aromatic carbocycles. The molecule has 1 saturated carbocycles. The molecule has 2 N–H and O–H groups in total. The number of rotatable bonds is 7. The highest BCUT2D eigenvalue weighted by molar-refractivity contribution is 6.07. The van der Waals surface area contributed by atoms with E-state index in [1.807, 2.05) is 0 Å². The van der Waals surface area contributed by atoms with Crippen molar-refractivity contribution < 1.29 is 19.1 Å². The summed E-state index contributed by atoms with van der Waals surface area (Å²) in [7, 11) is 1.61. The molecular formula is C19H33N5O4. The fourth-order valence-electron chi connectivity index (χ4n) is 4.32. The molecule has 4 amide bonds. The van der Waals surface area contributed by atoms with Crippen molar-refractivity contribution in [2.45, 2.75) is 44.1 Å². The predicted octanol–water partition coefficient (Wildman–Crippen LogP) is -0.0311. The zero-order chi connectivity index (χ0) is 20.0. The maximum Gasteiger partial charge on any atom is 0.326 e. The third-order valence-electron chi connectivity index (χ3n) is 6.00. The van der Waals surface area contributed by atoms with Gasteiger partial charge in [0.1, 0.15) is 5.54 Å². The maximum absolute atomic E-state index is 13.0. The Kier molecular flexibility index (Phi) is 7.25. The van der Waals surface area contributed by atoms with Crippen LogP contribution in [-0.4, -0.2) is 97.7 Å². The third-order valence-corrected chi connectivity index (χ3v) is 6.00. The first kappa shape index (κ1) is 21.0. The number of ether oxygens (including phenoxy) is 1. The smallest absolute Gasteiger partial charge is 0.326 e. The zero-order valence-electron chi connectivity index (χ0n) is 16.9. The molecule has 0 bridgehead atoms. The Balaban J connectivity index is 1.45. The minimum atomic E-state index is -0.671. The summed E-state index contributed by atoms with van der Waals surface area (Å²) >= 11 is 0. The van der Waals surface area contributed by atoms with Gasteiger partial charge in [0.15, 0.2) is 0 Å². The van der Waals surface area contributed by atoms with Gasteiger partial charge >= 0.3 is 6.03 Å². The largest absolute Gasteiger partial charge is 0.383 e. The Morgan fingerprint density at radius 2 is 1.71 bits per heavy atom. The number of imide groups is 1. The van der Waals surface area contributed by atoms with Crippen molar-refractivity contribution in [1.29, 1.82) is 0 Å². The summed E-state index contributed by atoms with van der Waals surface area (Å²) < 4.78 is 4.93. The Morgan fingerprint density at radius 3 is 2.36 bits per heavy atom. The van der Waals surface area contributed by atoms with Gasteiger partial charge in [0.2, 0.25) is 5.91 Å². The Hall–Kier alpha value is -1.71. The van der Waals surface area contributed by atoms with Gasteiger partial charge in [-0.15, -0.1) is 0 Å². The number of methoxy groups -OCH3 is 1. The van der Waals surface area contributed by atoms with Crippen LogP contribution in [0.15, 0.2) is 0 Å². The molecule has 0 atom stereocenters. The van der Waals surface area contributed by atoms with E-state index in [1.54, 1.807) is 7.11 Å². The van der Waals surface area contributed by atoms with E-state index >= 15 is 0 Å². The van der Waals surface area contributed by atoms with Crippen LogP contribution < -0.4 is 10.6 Å². The van der Waals surface area contributed by atoms with Gasteiger partial charge < -0.3 is 15.4 Å². The average Bonchev–Trinajstić information content (AvgIpc) is 2.84. The van der Waals surface area contributed by atoms with Crippen LogP contribution in [0.5, 0.6) is 0 Å². The first-order valence-electron chi connectivity index (χ1n) is 10.4. The number of urea groups is 1. The van der Waals surface area contributed by atoms with Gasteiger partial charge in [0, 0.05) is 39.8 Å². The number of carbonyl (C=O) groups is 3. The van der Waals surface area contributed by atoms with Crippen LogP contribution in [0, 0.1) is 0 Å². The molecule has 1 aliphatic carbocycles. The Labute approximate surface area is 166 Å². The summed E-state index contributed by atoms with van der Waals surface area (Å²) in [6.07, 6.45) is 5.74. The van der Waals surface area contributed by atoms with E-state index in [4.69, 9.17) is 4.74 Å². The molecule has 0 radical (unpaired) electrons. The van der Waals surface area contributed by atoms with Crippen LogP contribution in [0.4, 0.5) is 4.79 Å². The summed E-state index contributed by atoms with van der Waals surface area (Å²) in [4.78, 5) is 43.0. The minimum absolute atomic E-state index is 0.00472. The fourth-order valence-corrected chi connectivity index (χ4v) is 4.32. The van der Waals surface area contributed by atoms with Gasteiger partial charge in [0.05, 0.1) is 19.8 Å². The summed E-state index contributed by atoms with van der Waals surface area (Å²) in [6, 6.07) is -0.258. The highest BCUT2D eigenvalue weighted by Crippen LogP contribution is 2.32. The van der Waals surface area contributed by atoms with Crippen molar-refractivity contribution in [1.82, 2.24) is 25.3 Å². The topological polar surface area (TPSA) is 94.2 Å². The number of nitrogens with one attached hydrogen (secondary N) is 2. The highest BCUT2D eigenvalue weighted by Gasteiger charge is 2.51. The highest BCUT2D eigenvalue weighted by atomic mass is 16.5. The first-order chi connectivity index (χ1) is 13.5. The standard InChI is InChI=1S/C19H33N5O4/c1-28-13-8-20-16(25)14-22-9-11-23(12-10-22)15-24-17(26)19(21-18(24)27)6-4-2-3-5-7-19/h2-15H2,1H3,(H,20,25)(H,21,27). The lowest BCUT2D eigenvalue weighted by molar-refractivity contribution is -0.133. The van der Waals surface area contributed by atoms with Crippen LogP contribution >= 0.6 is 0 Å². The lowest BCUT2D eigenvalue weighted by Crippen LogP contribution is -2.53. The number of nitrogens with zero attached hydrogens (tertiary/aromatic N) is 3. The van der Waals surface area contributed by atoms with E-state index in [9.17, 15) is 14.4 Å². The molecule has 3 rings (SSSR count). The van der Waals surface area contributed by atoms with E-state index in [2.05, 4.69) is 20.4 Å². The minimum Gasteiger partial charge on any atom is -0.383 e. The average molecular weight is 396 g/mol. The van der Waals surface area contributed by atoms with Gasteiger partial charge in [-0.3, -0.25) is 19.4 Å². The van der Waals surface area contributed by atoms with Crippen LogP contribution in [0.1, 0.15) is 38.5 Å². The molecule has 9 heteroatoms. The second-order valence-electron chi connectivity index (χ2n) is 8.04. The second kappa shape index (κ2) is 9.67. The summed E-state index contributed by atoms with van der Waals surface area (Å²) in [6.45, 7) is 4.67. The van der Waals surface area contributed by atoms with Crippen LogP contribution in [0.3, 0.4) is 0 Å². The van der Waals surface area contributed by atoms with E-state index in [0.29, 0.717) is 26.4 Å². The summed E-state index contributed by atoms with van der Waals surface area (Å²) in [5.74, 6) is -0.0609. The Bertz CT molecular complexity index is 569. The molecule has 2 aliphatic heterocycles. The van der Waals surface area contributed by atoms with E-state index in [-0.39, 0.29) is 17.8 Å². The van der Waals surface area contributed by atoms with Gasteiger partial charge in [-0.25, -0.2) is 9.69 Å². The molecule has 0 aromatic rings. The fraction of sp³-hybridized carbons (Fsp3) is 0.842.